The van der Waals surface area contributed by atoms with Gasteiger partial charge in [0, 0.05) is 44.2 Å². The fraction of sp³-hybridized carbons (Fsp3) is 0.0312. The Morgan fingerprint density at radius 1 is 0.275 bits per heavy atom. The quantitative estimate of drug-likeness (QED) is 0.145. The second kappa shape index (κ2) is 17.6. The van der Waals surface area contributed by atoms with Gasteiger partial charge in [0.1, 0.15) is 0 Å². The SMILES string of the molecule is Cc1ccccc1-c1ccc2c(c1)c1cc(-c3ccccc3C)ccc1n2-c1ccc(-c2nc(-c3ccccc3)cc(-c3ccccc3)n2)cc1-c1nc(-c2ccccc2)cc(-c2ccccc2)n1. The average Bonchev–Trinajstić information content (AvgIpc) is 3.74. The van der Waals surface area contributed by atoms with E-state index in [1.807, 2.05) is 48.5 Å². The Morgan fingerprint density at radius 2 is 0.638 bits per heavy atom. The number of fused-ring (bicyclic) bond motifs is 3. The molecular weight excluding hydrogens is 839 g/mol. The van der Waals surface area contributed by atoms with Gasteiger partial charge in [-0.3, -0.25) is 0 Å². The van der Waals surface area contributed by atoms with Crippen LogP contribution in [0, 0.1) is 13.8 Å². The minimum atomic E-state index is 0.595. The summed E-state index contributed by atoms with van der Waals surface area (Å²) in [6, 6.07) is 83.1. The second-order valence-corrected chi connectivity index (χ2v) is 17.5. The molecule has 9 aromatic carbocycles. The van der Waals surface area contributed by atoms with Crippen LogP contribution in [0.1, 0.15) is 11.1 Å². The summed E-state index contributed by atoms with van der Waals surface area (Å²) < 4.78 is 2.39. The Bertz CT molecular complexity index is 3620. The van der Waals surface area contributed by atoms with Crippen molar-refractivity contribution < 1.29 is 0 Å². The first-order valence-corrected chi connectivity index (χ1v) is 23.4. The van der Waals surface area contributed by atoms with Crippen molar-refractivity contribution in [2.45, 2.75) is 13.8 Å². The van der Waals surface area contributed by atoms with Gasteiger partial charge in [0.25, 0.3) is 0 Å². The van der Waals surface area contributed by atoms with Gasteiger partial charge in [0.2, 0.25) is 0 Å². The van der Waals surface area contributed by atoms with E-state index in [9.17, 15) is 0 Å². The molecule has 0 spiro atoms. The number of rotatable bonds is 9. The third-order valence-electron chi connectivity index (χ3n) is 13.1. The number of nitrogens with zero attached hydrogens (tertiary/aromatic N) is 5. The summed E-state index contributed by atoms with van der Waals surface area (Å²) >= 11 is 0. The highest BCUT2D eigenvalue weighted by atomic mass is 15.0. The van der Waals surface area contributed by atoms with E-state index in [0.29, 0.717) is 11.6 Å². The maximum Gasteiger partial charge on any atom is 0.162 e. The maximum absolute atomic E-state index is 5.46. The van der Waals surface area contributed by atoms with Crippen molar-refractivity contribution in [1.29, 1.82) is 0 Å². The van der Waals surface area contributed by atoms with Crippen molar-refractivity contribution in [2.75, 3.05) is 0 Å². The molecule has 0 N–H and O–H groups in total. The van der Waals surface area contributed by atoms with Gasteiger partial charge in [-0.05, 0) is 102 Å². The number of hydrogen-bond acceptors (Lipinski definition) is 4. The molecule has 12 rings (SSSR count). The fourth-order valence-electron chi connectivity index (χ4n) is 9.63. The van der Waals surface area contributed by atoms with E-state index in [1.165, 1.54) is 33.4 Å². The van der Waals surface area contributed by atoms with Crippen LogP contribution in [0.4, 0.5) is 0 Å². The van der Waals surface area contributed by atoms with Crippen LogP contribution in [0.25, 0.3) is 118 Å². The molecule has 0 radical (unpaired) electrons. The highest BCUT2D eigenvalue weighted by Gasteiger charge is 2.22. The Kier molecular flexibility index (Phi) is 10.6. The van der Waals surface area contributed by atoms with Crippen LogP contribution in [-0.4, -0.2) is 24.5 Å². The lowest BCUT2D eigenvalue weighted by molar-refractivity contribution is 1.13. The Morgan fingerprint density at radius 3 is 1.04 bits per heavy atom. The molecule has 3 heterocycles. The van der Waals surface area contributed by atoms with Gasteiger partial charge in [-0.15, -0.1) is 0 Å². The molecule has 0 bridgehead atoms. The third kappa shape index (κ3) is 7.86. The lowest BCUT2D eigenvalue weighted by Gasteiger charge is -2.17. The van der Waals surface area contributed by atoms with Crippen LogP contribution in [-0.2, 0) is 0 Å². The van der Waals surface area contributed by atoms with Crippen molar-refractivity contribution >= 4 is 21.8 Å². The van der Waals surface area contributed by atoms with E-state index >= 15 is 0 Å². The molecule has 0 saturated heterocycles. The minimum absolute atomic E-state index is 0.595. The smallest absolute Gasteiger partial charge is 0.162 e. The fourth-order valence-corrected chi connectivity index (χ4v) is 9.63. The van der Waals surface area contributed by atoms with Crippen LogP contribution < -0.4 is 0 Å². The van der Waals surface area contributed by atoms with Gasteiger partial charge in [0.05, 0.1) is 39.5 Å². The van der Waals surface area contributed by atoms with Gasteiger partial charge in [-0.1, -0.05) is 182 Å². The monoisotopic (exact) mass is 883 g/mol. The van der Waals surface area contributed by atoms with Gasteiger partial charge >= 0.3 is 0 Å². The molecule has 0 fully saturated rings. The molecule has 0 atom stereocenters. The molecule has 326 valence electrons. The summed E-state index contributed by atoms with van der Waals surface area (Å²) in [6.07, 6.45) is 0. The lowest BCUT2D eigenvalue weighted by Crippen LogP contribution is -2.03. The van der Waals surface area contributed by atoms with E-state index in [2.05, 4.69) is 206 Å². The summed E-state index contributed by atoms with van der Waals surface area (Å²) in [4.78, 5) is 21.5. The Hall–Kier alpha value is -9.06. The summed E-state index contributed by atoms with van der Waals surface area (Å²) in [6.45, 7) is 4.37. The van der Waals surface area contributed by atoms with Gasteiger partial charge in [-0.2, -0.15) is 0 Å². The Balaban J connectivity index is 1.16. The zero-order chi connectivity index (χ0) is 46.3. The molecule has 12 aromatic rings. The highest BCUT2D eigenvalue weighted by molar-refractivity contribution is 6.12. The minimum Gasteiger partial charge on any atom is -0.308 e. The van der Waals surface area contributed by atoms with Crippen LogP contribution in [0.5, 0.6) is 0 Å². The summed E-state index contributed by atoms with van der Waals surface area (Å²) in [5.74, 6) is 1.20. The van der Waals surface area contributed by atoms with Crippen molar-refractivity contribution in [3.63, 3.8) is 0 Å². The van der Waals surface area contributed by atoms with Crippen LogP contribution in [0.15, 0.2) is 237 Å². The predicted molar refractivity (Wildman–Crippen MR) is 285 cm³/mol. The first kappa shape index (κ1) is 41.4. The Labute approximate surface area is 401 Å². The summed E-state index contributed by atoms with van der Waals surface area (Å²) in [5.41, 5.74) is 19.4. The van der Waals surface area contributed by atoms with E-state index in [-0.39, 0.29) is 0 Å². The maximum atomic E-state index is 5.46. The van der Waals surface area contributed by atoms with Crippen molar-refractivity contribution in [1.82, 2.24) is 24.5 Å². The second-order valence-electron chi connectivity index (χ2n) is 17.5. The highest BCUT2D eigenvalue weighted by Crippen LogP contribution is 2.42. The normalized spacial score (nSPS) is 11.3. The van der Waals surface area contributed by atoms with Crippen LogP contribution >= 0.6 is 0 Å². The van der Waals surface area contributed by atoms with E-state index in [1.54, 1.807) is 0 Å². The first-order chi connectivity index (χ1) is 34.0. The van der Waals surface area contributed by atoms with E-state index in [0.717, 1.165) is 83.6 Å². The lowest BCUT2D eigenvalue weighted by atomic mass is 9.97. The topological polar surface area (TPSA) is 56.5 Å². The van der Waals surface area contributed by atoms with E-state index < -0.39 is 0 Å². The zero-order valence-electron chi connectivity index (χ0n) is 38.3. The number of hydrogen-bond donors (Lipinski definition) is 0. The van der Waals surface area contributed by atoms with Crippen molar-refractivity contribution in [3.8, 4) is 95.7 Å². The first-order valence-electron chi connectivity index (χ1n) is 23.4. The van der Waals surface area contributed by atoms with Gasteiger partial charge in [0.15, 0.2) is 11.6 Å². The largest absolute Gasteiger partial charge is 0.308 e. The molecule has 0 aliphatic heterocycles. The van der Waals surface area contributed by atoms with Gasteiger partial charge in [-0.25, -0.2) is 19.9 Å². The van der Waals surface area contributed by atoms with Crippen LogP contribution in [0.2, 0.25) is 0 Å². The zero-order valence-corrected chi connectivity index (χ0v) is 38.3. The molecule has 69 heavy (non-hydrogen) atoms. The summed E-state index contributed by atoms with van der Waals surface area (Å²) in [7, 11) is 0. The number of benzene rings is 9. The molecule has 5 nitrogen and oxygen atoms in total. The molecule has 0 unspecified atom stereocenters. The third-order valence-corrected chi connectivity index (χ3v) is 13.1. The van der Waals surface area contributed by atoms with Crippen molar-refractivity contribution in [3.05, 3.63) is 248 Å². The average molecular weight is 884 g/mol. The van der Waals surface area contributed by atoms with Crippen molar-refractivity contribution in [2.24, 2.45) is 0 Å². The predicted octanol–water partition coefficient (Wildman–Crippen LogP) is 16.3. The number of aromatic nitrogens is 5. The molecule has 0 saturated carbocycles. The number of aryl methyl sites for hydroxylation is 2. The molecule has 5 heteroatoms. The molecule has 0 aliphatic carbocycles. The molecule has 3 aromatic heterocycles. The standard InChI is InChI=1S/C64H45N5/c1-42-19-15-17-29-51(42)48-31-34-60-53(37-48)54-38-49(52-30-18-16-20-43(52)2)32-35-61(54)69(60)62-36-33-50(63-65-56(44-21-7-3-8-22-44)40-57(66-63)45-23-9-4-10-24-45)39-55(62)64-67-58(46-25-11-5-12-26-46)41-59(68-64)47-27-13-6-14-28-47/h3-41H,1-2H3. The molecule has 0 aliphatic rings. The molecule has 0 amide bonds. The summed E-state index contributed by atoms with van der Waals surface area (Å²) in [5, 5.41) is 2.32. The van der Waals surface area contributed by atoms with E-state index in [4.69, 9.17) is 19.9 Å². The van der Waals surface area contributed by atoms with Crippen LogP contribution in [0.3, 0.4) is 0 Å². The molecular formula is C64H45N5. The van der Waals surface area contributed by atoms with Gasteiger partial charge < -0.3 is 4.57 Å².